The number of thioether (sulfide) groups is 1. The van der Waals surface area contributed by atoms with E-state index >= 15 is 0 Å². The van der Waals surface area contributed by atoms with Crippen molar-refractivity contribution in [1.82, 2.24) is 10.2 Å². The molecule has 8 nitrogen and oxygen atoms in total. The van der Waals surface area contributed by atoms with E-state index in [0.717, 1.165) is 6.42 Å². The van der Waals surface area contributed by atoms with Crippen LogP contribution in [0.3, 0.4) is 0 Å². The summed E-state index contributed by atoms with van der Waals surface area (Å²) in [7, 11) is 0. The SMILES string of the molecule is CC/C=C\C1=C(C(=O)O)N2C(=O)[C@@H](NC(=O)C(N)c3ccc(O)cc3)[C@@H]2SC1. The normalized spacial score (nSPS) is 22.6. The van der Waals surface area contributed by atoms with Crippen LogP contribution in [-0.4, -0.2) is 50.1 Å². The fourth-order valence-electron chi connectivity index (χ4n) is 3.11. The minimum absolute atomic E-state index is 0.0354. The fraction of sp³-hybridized carbons (Fsp3) is 0.316. The molecule has 0 saturated carbocycles. The number of β-lactam (4-membered cyclic amide) rings is 1. The van der Waals surface area contributed by atoms with Gasteiger partial charge in [0.25, 0.3) is 5.91 Å². The van der Waals surface area contributed by atoms with E-state index in [1.54, 1.807) is 6.08 Å². The molecule has 1 fully saturated rings. The molecule has 0 spiro atoms. The first-order chi connectivity index (χ1) is 13.3. The predicted molar refractivity (Wildman–Crippen MR) is 104 cm³/mol. The highest BCUT2D eigenvalue weighted by molar-refractivity contribution is 8.00. The smallest absolute Gasteiger partial charge is 0.352 e. The summed E-state index contributed by atoms with van der Waals surface area (Å²) in [6, 6.07) is 4.07. The monoisotopic (exact) mass is 403 g/mol. The summed E-state index contributed by atoms with van der Waals surface area (Å²) in [5.41, 5.74) is 6.98. The number of aliphatic carboxylic acids is 1. The lowest BCUT2D eigenvalue weighted by Gasteiger charge is -2.49. The zero-order valence-electron chi connectivity index (χ0n) is 15.2. The average Bonchev–Trinajstić information content (AvgIpc) is 2.69. The van der Waals surface area contributed by atoms with Crippen molar-refractivity contribution in [1.29, 1.82) is 0 Å². The van der Waals surface area contributed by atoms with Gasteiger partial charge in [-0.3, -0.25) is 14.5 Å². The first-order valence-electron chi connectivity index (χ1n) is 8.77. The Morgan fingerprint density at radius 3 is 2.68 bits per heavy atom. The molecule has 1 unspecified atom stereocenters. The van der Waals surface area contributed by atoms with E-state index in [1.807, 2.05) is 13.0 Å². The molecule has 2 heterocycles. The van der Waals surface area contributed by atoms with Gasteiger partial charge in [0.1, 0.15) is 28.9 Å². The predicted octanol–water partition coefficient (Wildman–Crippen LogP) is 1.10. The number of nitrogens with zero attached hydrogens (tertiary/aromatic N) is 1. The van der Waals surface area contributed by atoms with Gasteiger partial charge in [-0.05, 0) is 29.7 Å². The molecule has 1 aromatic carbocycles. The second kappa shape index (κ2) is 8.07. The lowest BCUT2D eigenvalue weighted by Crippen LogP contribution is -2.71. The highest BCUT2D eigenvalue weighted by Crippen LogP contribution is 2.40. The van der Waals surface area contributed by atoms with E-state index in [9.17, 15) is 24.6 Å². The fourth-order valence-corrected chi connectivity index (χ4v) is 4.43. The lowest BCUT2D eigenvalue weighted by atomic mass is 10.0. The van der Waals surface area contributed by atoms with Gasteiger partial charge in [0.2, 0.25) is 5.91 Å². The number of carbonyl (C=O) groups is 3. The van der Waals surface area contributed by atoms with Gasteiger partial charge >= 0.3 is 5.97 Å². The van der Waals surface area contributed by atoms with Gasteiger partial charge in [-0.1, -0.05) is 31.2 Å². The van der Waals surface area contributed by atoms with Crippen LogP contribution >= 0.6 is 11.8 Å². The molecule has 9 heteroatoms. The second-order valence-electron chi connectivity index (χ2n) is 6.45. The number of carboxylic acid groups (broad SMARTS) is 1. The Morgan fingerprint density at radius 1 is 1.39 bits per heavy atom. The molecule has 0 aromatic heterocycles. The quantitative estimate of drug-likeness (QED) is 0.523. The Kier molecular flexibility index (Phi) is 5.76. The van der Waals surface area contributed by atoms with E-state index in [2.05, 4.69) is 5.32 Å². The summed E-state index contributed by atoms with van der Waals surface area (Å²) in [6.45, 7) is 1.94. The number of benzene rings is 1. The van der Waals surface area contributed by atoms with E-state index in [1.165, 1.54) is 40.9 Å². The molecule has 3 atom stereocenters. The van der Waals surface area contributed by atoms with Crippen LogP contribution in [0.5, 0.6) is 5.75 Å². The molecule has 1 aromatic rings. The summed E-state index contributed by atoms with van der Waals surface area (Å²) in [6.07, 6.45) is 4.33. The van der Waals surface area contributed by atoms with Crippen LogP contribution in [0.2, 0.25) is 0 Å². The van der Waals surface area contributed by atoms with Crippen LogP contribution in [0.15, 0.2) is 47.7 Å². The van der Waals surface area contributed by atoms with Crippen LogP contribution in [-0.2, 0) is 14.4 Å². The summed E-state index contributed by atoms with van der Waals surface area (Å²) < 4.78 is 0. The molecule has 148 valence electrons. The van der Waals surface area contributed by atoms with Crippen molar-refractivity contribution in [2.24, 2.45) is 5.73 Å². The van der Waals surface area contributed by atoms with Gasteiger partial charge < -0.3 is 21.3 Å². The van der Waals surface area contributed by atoms with Crippen molar-refractivity contribution in [2.45, 2.75) is 30.8 Å². The number of phenolic OH excluding ortho intramolecular Hbond substituents is 1. The number of hydrogen-bond donors (Lipinski definition) is 4. The molecular weight excluding hydrogens is 382 g/mol. The van der Waals surface area contributed by atoms with Crippen LogP contribution in [0.25, 0.3) is 0 Å². The van der Waals surface area contributed by atoms with Crippen LogP contribution < -0.4 is 11.1 Å². The molecule has 28 heavy (non-hydrogen) atoms. The number of aromatic hydroxyl groups is 1. The Balaban J connectivity index is 1.74. The van der Waals surface area contributed by atoms with Gasteiger partial charge in [-0.2, -0.15) is 0 Å². The van der Waals surface area contributed by atoms with Gasteiger partial charge in [-0.15, -0.1) is 11.8 Å². The summed E-state index contributed by atoms with van der Waals surface area (Å²) in [5.74, 6) is -1.69. The maximum absolute atomic E-state index is 12.6. The largest absolute Gasteiger partial charge is 0.508 e. The topological polar surface area (TPSA) is 133 Å². The molecule has 0 bridgehead atoms. The van der Waals surface area contributed by atoms with Crippen molar-refractivity contribution in [2.75, 3.05) is 5.75 Å². The number of amides is 2. The zero-order chi connectivity index (χ0) is 20.4. The molecule has 0 radical (unpaired) electrons. The molecule has 1 saturated heterocycles. The van der Waals surface area contributed by atoms with Crippen molar-refractivity contribution in [3.8, 4) is 5.75 Å². The van der Waals surface area contributed by atoms with Crippen molar-refractivity contribution >= 4 is 29.5 Å². The molecular formula is C19H21N3O5S. The first-order valence-corrected chi connectivity index (χ1v) is 9.82. The molecule has 2 amide bonds. The van der Waals surface area contributed by atoms with Crippen LogP contribution in [0.1, 0.15) is 24.9 Å². The molecule has 3 rings (SSSR count). The van der Waals surface area contributed by atoms with Gasteiger partial charge in [0.05, 0.1) is 0 Å². The Hall–Kier alpha value is -2.78. The molecule has 2 aliphatic rings. The van der Waals surface area contributed by atoms with Gasteiger partial charge in [0.15, 0.2) is 0 Å². The number of carbonyl (C=O) groups excluding carboxylic acids is 2. The van der Waals surface area contributed by atoms with Crippen molar-refractivity contribution in [3.05, 3.63) is 53.3 Å². The third-order valence-electron chi connectivity index (χ3n) is 4.59. The van der Waals surface area contributed by atoms with Crippen molar-refractivity contribution < 1.29 is 24.6 Å². The highest BCUT2D eigenvalue weighted by Gasteiger charge is 2.54. The number of nitrogens with two attached hydrogens (primary N) is 1. The molecule has 5 N–H and O–H groups in total. The number of phenols is 1. The number of carboxylic acids is 1. The Bertz CT molecular complexity index is 865. The summed E-state index contributed by atoms with van der Waals surface area (Å²) in [4.78, 5) is 37.9. The Labute approximate surface area is 166 Å². The van der Waals surface area contributed by atoms with E-state index < -0.39 is 35.2 Å². The van der Waals surface area contributed by atoms with Gasteiger partial charge in [-0.25, -0.2) is 4.79 Å². The summed E-state index contributed by atoms with van der Waals surface area (Å²) in [5, 5.41) is 21.0. The molecule has 0 aliphatic carbocycles. The minimum atomic E-state index is -1.17. The number of rotatable bonds is 6. The number of nitrogens with one attached hydrogen (secondary N) is 1. The van der Waals surface area contributed by atoms with E-state index in [-0.39, 0.29) is 11.4 Å². The van der Waals surface area contributed by atoms with E-state index in [4.69, 9.17) is 5.73 Å². The Morgan fingerprint density at radius 2 is 2.07 bits per heavy atom. The summed E-state index contributed by atoms with van der Waals surface area (Å²) >= 11 is 1.40. The third-order valence-corrected chi connectivity index (χ3v) is 5.89. The zero-order valence-corrected chi connectivity index (χ0v) is 16.0. The first kappa shape index (κ1) is 20.0. The third kappa shape index (κ3) is 3.63. The number of fused-ring (bicyclic) bond motifs is 1. The highest BCUT2D eigenvalue weighted by atomic mass is 32.2. The number of hydrogen-bond acceptors (Lipinski definition) is 6. The number of allylic oxidation sites excluding steroid dienone is 2. The van der Waals surface area contributed by atoms with Crippen molar-refractivity contribution in [3.63, 3.8) is 0 Å². The van der Waals surface area contributed by atoms with E-state index in [0.29, 0.717) is 16.9 Å². The van der Waals surface area contributed by atoms with Crippen LogP contribution in [0, 0.1) is 0 Å². The molecule has 2 aliphatic heterocycles. The maximum Gasteiger partial charge on any atom is 0.352 e. The second-order valence-corrected chi connectivity index (χ2v) is 7.56. The lowest BCUT2D eigenvalue weighted by molar-refractivity contribution is -0.150. The standard InChI is InChI=1S/C19H21N3O5S/c1-2-3-4-11-9-28-18-14(17(25)22(18)15(11)19(26)27)21-16(24)13(20)10-5-7-12(23)8-6-10/h3-8,13-14,18,23H,2,9,20H2,1H3,(H,21,24)(H,26,27)/b4-3-/t13?,14-,18+/m1/s1. The average molecular weight is 403 g/mol. The van der Waals surface area contributed by atoms with Gasteiger partial charge in [0, 0.05) is 5.75 Å². The minimum Gasteiger partial charge on any atom is -0.508 e. The van der Waals surface area contributed by atoms with Crippen LogP contribution in [0.4, 0.5) is 0 Å². The maximum atomic E-state index is 12.6.